The minimum atomic E-state index is 0.00150. The van der Waals surface area contributed by atoms with Crippen LogP contribution in [0.4, 0.5) is 0 Å². The summed E-state index contributed by atoms with van der Waals surface area (Å²) in [6, 6.07) is 0. The molecule has 29 heavy (non-hydrogen) atoms. The molecule has 0 aliphatic heterocycles. The van der Waals surface area contributed by atoms with E-state index in [9.17, 15) is 5.11 Å². The lowest BCUT2D eigenvalue weighted by molar-refractivity contribution is -0.0800. The fourth-order valence-electron chi connectivity index (χ4n) is 8.94. The molecule has 4 saturated carbocycles. The Kier molecular flexibility index (Phi) is 6.29. The van der Waals surface area contributed by atoms with E-state index in [1.807, 2.05) is 0 Å². The quantitative estimate of drug-likeness (QED) is 0.485. The van der Waals surface area contributed by atoms with Gasteiger partial charge in [-0.15, -0.1) is 0 Å². The molecule has 4 aliphatic carbocycles. The van der Waals surface area contributed by atoms with Crippen molar-refractivity contribution in [3.8, 4) is 0 Å². The van der Waals surface area contributed by atoms with Crippen LogP contribution >= 0.6 is 0 Å². The molecule has 0 aromatic rings. The predicted molar refractivity (Wildman–Crippen MR) is 124 cm³/mol. The van der Waals surface area contributed by atoms with E-state index in [1.54, 1.807) is 5.57 Å². The number of hydrogen-bond acceptors (Lipinski definition) is 1. The van der Waals surface area contributed by atoms with Gasteiger partial charge in [0.1, 0.15) is 0 Å². The third-order valence-corrected chi connectivity index (χ3v) is 10.9. The topological polar surface area (TPSA) is 20.2 Å². The Morgan fingerprint density at radius 3 is 2.34 bits per heavy atom. The Hall–Kier alpha value is -0.300. The Morgan fingerprint density at radius 2 is 1.62 bits per heavy atom. The number of hydrogen-bond donors (Lipinski definition) is 1. The second kappa shape index (κ2) is 8.33. The highest BCUT2D eigenvalue weighted by Crippen LogP contribution is 2.65. The number of aliphatic hydroxyl groups is 1. The zero-order valence-corrected chi connectivity index (χ0v) is 20.2. The minimum absolute atomic E-state index is 0.00150. The molecular weight excluding hydrogens is 352 g/mol. The zero-order chi connectivity index (χ0) is 20.9. The first-order chi connectivity index (χ1) is 13.7. The third kappa shape index (κ3) is 3.88. The second-order valence-electron chi connectivity index (χ2n) is 12.4. The van der Waals surface area contributed by atoms with Gasteiger partial charge >= 0.3 is 0 Å². The van der Waals surface area contributed by atoms with Gasteiger partial charge in [0.15, 0.2) is 0 Å². The molecule has 0 spiro atoms. The van der Waals surface area contributed by atoms with Gasteiger partial charge in [-0.05, 0) is 123 Å². The summed E-state index contributed by atoms with van der Waals surface area (Å²) in [6.07, 6.45) is 14.9. The fraction of sp³-hybridized carbons (Fsp3) is 0.929. The second-order valence-corrected chi connectivity index (χ2v) is 12.4. The minimum Gasteiger partial charge on any atom is -0.393 e. The molecule has 4 aliphatic rings. The van der Waals surface area contributed by atoms with Gasteiger partial charge in [-0.2, -0.15) is 0 Å². The van der Waals surface area contributed by atoms with E-state index in [2.05, 4.69) is 47.6 Å². The molecule has 0 heterocycles. The van der Waals surface area contributed by atoms with Crippen molar-refractivity contribution in [2.24, 2.45) is 58.7 Å². The zero-order valence-electron chi connectivity index (χ0n) is 20.2. The van der Waals surface area contributed by atoms with Gasteiger partial charge in [-0.25, -0.2) is 0 Å². The largest absolute Gasteiger partial charge is 0.393 e. The Bertz CT molecular complexity index is 605. The highest BCUT2D eigenvalue weighted by Gasteiger charge is 2.57. The molecule has 0 aromatic heterocycles. The van der Waals surface area contributed by atoms with Gasteiger partial charge < -0.3 is 5.11 Å². The van der Waals surface area contributed by atoms with E-state index in [-0.39, 0.29) is 6.10 Å². The van der Waals surface area contributed by atoms with E-state index >= 15 is 0 Å². The Balaban J connectivity index is 1.49. The smallest absolute Gasteiger partial charge is 0.0543 e. The molecule has 1 nitrogen and oxygen atoms in total. The maximum absolute atomic E-state index is 10.2. The summed E-state index contributed by atoms with van der Waals surface area (Å²) in [6.45, 7) is 14.7. The van der Waals surface area contributed by atoms with Crippen molar-refractivity contribution < 1.29 is 5.11 Å². The molecule has 0 bridgehead atoms. The van der Waals surface area contributed by atoms with Crippen LogP contribution in [0.25, 0.3) is 0 Å². The highest BCUT2D eigenvalue weighted by molar-refractivity contribution is 5.12. The summed E-state index contributed by atoms with van der Waals surface area (Å²) in [4.78, 5) is 0. The van der Waals surface area contributed by atoms with Gasteiger partial charge in [-0.3, -0.25) is 0 Å². The van der Waals surface area contributed by atoms with Crippen LogP contribution in [0.2, 0.25) is 0 Å². The maximum Gasteiger partial charge on any atom is 0.0543 e. The fourth-order valence-corrected chi connectivity index (χ4v) is 8.94. The Morgan fingerprint density at radius 1 is 0.897 bits per heavy atom. The average Bonchev–Trinajstić information content (AvgIpc) is 3.04. The average molecular weight is 401 g/mol. The summed E-state index contributed by atoms with van der Waals surface area (Å²) >= 11 is 0. The predicted octanol–water partition coefficient (Wildman–Crippen LogP) is 7.49. The van der Waals surface area contributed by atoms with Gasteiger partial charge in [0.2, 0.25) is 0 Å². The summed E-state index contributed by atoms with van der Waals surface area (Å²) in [5.41, 5.74) is 2.19. The molecular formula is C28H48O. The first-order valence-electron chi connectivity index (χ1n) is 13.1. The monoisotopic (exact) mass is 400 g/mol. The van der Waals surface area contributed by atoms with Crippen LogP contribution in [0.1, 0.15) is 99.3 Å². The van der Waals surface area contributed by atoms with Crippen molar-refractivity contribution >= 4 is 0 Å². The first-order valence-corrected chi connectivity index (χ1v) is 13.1. The number of aliphatic hydroxyl groups excluding tert-OH is 1. The SMILES string of the molecule is C/C(=C\[C@@H](C)[C@H]1CC[C@@H]2[C@H]3CC[C@H]4C[C@@H](O)CC[C@@H]4[C@@H]3CC[C@@]21C)[C@H](C)C(C)C. The molecule has 166 valence electrons. The molecule has 4 rings (SSSR count). The molecule has 10 atom stereocenters. The van der Waals surface area contributed by atoms with Crippen LogP contribution in [0.15, 0.2) is 11.6 Å². The number of fused-ring (bicyclic) bond motifs is 5. The molecule has 1 N–H and O–H groups in total. The van der Waals surface area contributed by atoms with Gasteiger partial charge in [-0.1, -0.05) is 46.3 Å². The molecule has 4 fully saturated rings. The van der Waals surface area contributed by atoms with E-state index < -0.39 is 0 Å². The molecule has 1 heteroatoms. The van der Waals surface area contributed by atoms with E-state index in [0.29, 0.717) is 11.3 Å². The summed E-state index contributed by atoms with van der Waals surface area (Å²) in [5.74, 6) is 7.76. The van der Waals surface area contributed by atoms with E-state index in [1.165, 1.54) is 44.9 Å². The van der Waals surface area contributed by atoms with Gasteiger partial charge in [0.25, 0.3) is 0 Å². The molecule has 0 amide bonds. The van der Waals surface area contributed by atoms with E-state index in [0.717, 1.165) is 60.2 Å². The number of allylic oxidation sites excluding steroid dienone is 2. The first kappa shape index (κ1) is 21.9. The van der Waals surface area contributed by atoms with Crippen molar-refractivity contribution in [3.05, 3.63) is 11.6 Å². The molecule has 0 unspecified atom stereocenters. The molecule has 0 aromatic carbocycles. The van der Waals surface area contributed by atoms with Crippen LogP contribution in [-0.2, 0) is 0 Å². The van der Waals surface area contributed by atoms with E-state index in [4.69, 9.17) is 0 Å². The van der Waals surface area contributed by atoms with Crippen LogP contribution in [0.3, 0.4) is 0 Å². The van der Waals surface area contributed by atoms with Crippen molar-refractivity contribution in [2.45, 2.75) is 105 Å². The molecule has 0 radical (unpaired) electrons. The van der Waals surface area contributed by atoms with Crippen molar-refractivity contribution in [1.29, 1.82) is 0 Å². The maximum atomic E-state index is 10.2. The molecule has 0 saturated heterocycles. The lowest BCUT2D eigenvalue weighted by atomic mass is 9.49. The third-order valence-electron chi connectivity index (χ3n) is 10.9. The summed E-state index contributed by atoms with van der Waals surface area (Å²) < 4.78 is 0. The standard InChI is InChI=1S/C28H48O/c1-17(2)20(5)18(3)15-19(4)26-11-12-27-25-9-7-21-16-22(29)8-10-23(21)24(25)13-14-28(26,27)6/h15,17,19-27,29H,7-14,16H2,1-6H3/b18-15+/t19-,20-,21+,22+,23+,24+,25+,26-,27-,28-/m1/s1. The van der Waals surface area contributed by atoms with Gasteiger partial charge in [0, 0.05) is 0 Å². The Labute approximate surface area is 181 Å². The number of rotatable bonds is 4. The van der Waals surface area contributed by atoms with Crippen LogP contribution in [-0.4, -0.2) is 11.2 Å². The van der Waals surface area contributed by atoms with Crippen LogP contribution in [0.5, 0.6) is 0 Å². The summed E-state index contributed by atoms with van der Waals surface area (Å²) in [7, 11) is 0. The summed E-state index contributed by atoms with van der Waals surface area (Å²) in [5, 5.41) is 10.2. The van der Waals surface area contributed by atoms with Crippen molar-refractivity contribution in [1.82, 2.24) is 0 Å². The lowest BCUT2D eigenvalue weighted by Crippen LogP contribution is -2.49. The normalized spacial score (nSPS) is 47.3. The van der Waals surface area contributed by atoms with Crippen molar-refractivity contribution in [2.75, 3.05) is 0 Å². The van der Waals surface area contributed by atoms with Crippen LogP contribution in [0, 0.1) is 58.7 Å². The van der Waals surface area contributed by atoms with Crippen molar-refractivity contribution in [3.63, 3.8) is 0 Å². The van der Waals surface area contributed by atoms with Crippen LogP contribution < -0.4 is 0 Å². The highest BCUT2D eigenvalue weighted by atomic mass is 16.3. The lowest BCUT2D eigenvalue weighted by Gasteiger charge is -2.56. The van der Waals surface area contributed by atoms with Gasteiger partial charge in [0.05, 0.1) is 6.10 Å².